The Hall–Kier alpha value is -2.99. The molecule has 4 aromatic rings. The SMILES string of the molecule is c1ccc(C(c2ccccc2)(c2ccccc2)c2cc[cH-]c2)cc1. The molecule has 0 fully saturated rings. The van der Waals surface area contributed by atoms with Crippen LogP contribution in [0.25, 0.3) is 0 Å². The summed E-state index contributed by atoms with van der Waals surface area (Å²) in [6.07, 6.45) is 0. The van der Waals surface area contributed by atoms with Crippen molar-refractivity contribution < 1.29 is 0 Å². The molecule has 0 aliphatic rings. The quantitative estimate of drug-likeness (QED) is 0.331. The lowest BCUT2D eigenvalue weighted by molar-refractivity contribution is 0.748. The van der Waals surface area contributed by atoms with E-state index in [1.54, 1.807) is 0 Å². The van der Waals surface area contributed by atoms with Gasteiger partial charge in [0.25, 0.3) is 0 Å². The zero-order valence-corrected chi connectivity index (χ0v) is 13.5. The second-order valence-electron chi connectivity index (χ2n) is 6.02. The Bertz CT molecular complexity index is 776. The van der Waals surface area contributed by atoms with E-state index in [4.69, 9.17) is 0 Å². The van der Waals surface area contributed by atoms with Crippen LogP contribution in [0.15, 0.2) is 115 Å². The molecule has 0 heterocycles. The van der Waals surface area contributed by atoms with Crippen LogP contribution in [0, 0.1) is 0 Å². The van der Waals surface area contributed by atoms with E-state index < -0.39 is 0 Å². The maximum Gasteiger partial charge on any atom is 0.0160 e. The first kappa shape index (κ1) is 14.6. The lowest BCUT2D eigenvalue weighted by Gasteiger charge is -2.40. The van der Waals surface area contributed by atoms with Crippen LogP contribution < -0.4 is 0 Å². The van der Waals surface area contributed by atoms with Gasteiger partial charge in [-0.25, -0.2) is 6.07 Å². The first-order valence-electron chi connectivity index (χ1n) is 8.31. The van der Waals surface area contributed by atoms with Crippen molar-refractivity contribution in [3.8, 4) is 0 Å². The highest BCUT2D eigenvalue weighted by Gasteiger charge is 2.33. The molecule has 0 aliphatic carbocycles. The second-order valence-corrected chi connectivity index (χ2v) is 6.02. The average Bonchev–Trinajstić information content (AvgIpc) is 3.20. The van der Waals surface area contributed by atoms with Gasteiger partial charge in [0.2, 0.25) is 0 Å². The van der Waals surface area contributed by atoms with Crippen LogP contribution in [0.5, 0.6) is 0 Å². The van der Waals surface area contributed by atoms with Gasteiger partial charge in [-0.05, 0) is 16.7 Å². The van der Waals surface area contributed by atoms with E-state index >= 15 is 0 Å². The van der Waals surface area contributed by atoms with Crippen molar-refractivity contribution in [2.24, 2.45) is 0 Å². The van der Waals surface area contributed by atoms with Crippen molar-refractivity contribution in [1.29, 1.82) is 0 Å². The van der Waals surface area contributed by atoms with Gasteiger partial charge in [-0.15, -0.1) is 0 Å². The summed E-state index contributed by atoms with van der Waals surface area (Å²) in [5.74, 6) is 0. The van der Waals surface area contributed by atoms with Gasteiger partial charge in [-0.1, -0.05) is 91.0 Å². The number of benzene rings is 3. The van der Waals surface area contributed by atoms with Crippen molar-refractivity contribution in [1.82, 2.24) is 0 Å². The maximum absolute atomic E-state index is 2.23. The molecule has 4 aromatic carbocycles. The highest BCUT2D eigenvalue weighted by atomic mass is 14.4. The fourth-order valence-electron chi connectivity index (χ4n) is 3.69. The van der Waals surface area contributed by atoms with Gasteiger partial charge in [0, 0.05) is 5.41 Å². The maximum atomic E-state index is 2.23. The minimum absolute atomic E-state index is 0.298. The van der Waals surface area contributed by atoms with Gasteiger partial charge in [0.15, 0.2) is 0 Å². The molecule has 0 atom stereocenters. The Kier molecular flexibility index (Phi) is 3.80. The molecule has 0 heteroatoms. The summed E-state index contributed by atoms with van der Waals surface area (Å²) in [4.78, 5) is 0. The zero-order valence-electron chi connectivity index (χ0n) is 13.5. The molecular weight excluding hydrogens is 288 g/mol. The topological polar surface area (TPSA) is 0 Å². The van der Waals surface area contributed by atoms with E-state index in [0.717, 1.165) is 0 Å². The molecule has 0 saturated carbocycles. The fraction of sp³-hybridized carbons (Fsp3) is 0.0417. The lowest BCUT2D eigenvalue weighted by atomic mass is 9.66. The third-order valence-corrected chi connectivity index (χ3v) is 4.72. The molecule has 0 aliphatic heterocycles. The third-order valence-electron chi connectivity index (χ3n) is 4.72. The first-order chi connectivity index (χ1) is 11.9. The fourth-order valence-corrected chi connectivity index (χ4v) is 3.69. The summed E-state index contributed by atoms with van der Waals surface area (Å²) in [6, 6.07) is 41.1. The Morgan fingerprint density at radius 3 is 1.21 bits per heavy atom. The van der Waals surface area contributed by atoms with Crippen LogP contribution in [0.3, 0.4) is 0 Å². The molecule has 0 bridgehead atoms. The molecule has 0 radical (unpaired) electrons. The van der Waals surface area contributed by atoms with Crippen molar-refractivity contribution in [2.75, 3.05) is 0 Å². The van der Waals surface area contributed by atoms with Crippen molar-refractivity contribution in [3.05, 3.63) is 138 Å². The van der Waals surface area contributed by atoms with Gasteiger partial charge in [-0.3, -0.25) is 0 Å². The van der Waals surface area contributed by atoms with Crippen molar-refractivity contribution in [2.45, 2.75) is 5.41 Å². The first-order valence-corrected chi connectivity index (χ1v) is 8.31. The van der Waals surface area contributed by atoms with Crippen molar-refractivity contribution in [3.63, 3.8) is 0 Å². The molecular formula is C24H19-. The van der Waals surface area contributed by atoms with Crippen molar-refractivity contribution >= 4 is 0 Å². The summed E-state index contributed by atoms with van der Waals surface area (Å²) in [5.41, 5.74) is 4.86. The molecule has 0 unspecified atom stereocenters. The predicted molar refractivity (Wildman–Crippen MR) is 100 cm³/mol. The number of hydrogen-bond acceptors (Lipinski definition) is 0. The van der Waals surface area contributed by atoms with E-state index in [0.29, 0.717) is 0 Å². The van der Waals surface area contributed by atoms with Crippen LogP contribution in [-0.2, 0) is 5.41 Å². The molecule has 0 nitrogen and oxygen atoms in total. The minimum atomic E-state index is -0.298. The summed E-state index contributed by atoms with van der Waals surface area (Å²) in [7, 11) is 0. The zero-order chi connectivity index (χ0) is 16.2. The van der Waals surface area contributed by atoms with Crippen LogP contribution in [0.1, 0.15) is 22.3 Å². The molecule has 24 heavy (non-hydrogen) atoms. The van der Waals surface area contributed by atoms with Gasteiger partial charge in [0.1, 0.15) is 0 Å². The summed E-state index contributed by atoms with van der Waals surface area (Å²) >= 11 is 0. The molecule has 0 saturated heterocycles. The Morgan fingerprint density at radius 1 is 0.458 bits per heavy atom. The Labute approximate surface area is 143 Å². The van der Waals surface area contributed by atoms with Crippen LogP contribution in [-0.4, -0.2) is 0 Å². The molecule has 0 spiro atoms. The summed E-state index contributed by atoms with van der Waals surface area (Å²) in [5, 5.41) is 0. The summed E-state index contributed by atoms with van der Waals surface area (Å²) < 4.78 is 0. The Balaban J connectivity index is 2.12. The van der Waals surface area contributed by atoms with Gasteiger partial charge in [-0.2, -0.15) is 23.8 Å². The Morgan fingerprint density at radius 2 is 0.875 bits per heavy atom. The predicted octanol–water partition coefficient (Wildman–Crippen LogP) is 5.79. The smallest absolute Gasteiger partial charge is 0.0160 e. The average molecular weight is 307 g/mol. The highest BCUT2D eigenvalue weighted by molar-refractivity contribution is 5.59. The van der Waals surface area contributed by atoms with Crippen LogP contribution in [0.2, 0.25) is 0 Å². The standard InChI is InChI=1S/C24H19/c1-4-12-20(13-5-1)24(23-18-10-11-19-23,21-14-6-2-7-15-21)22-16-8-3-9-17-22/h1-19H/q-1. The minimum Gasteiger partial charge on any atom is -0.209 e. The van der Waals surface area contributed by atoms with Gasteiger partial charge < -0.3 is 0 Å². The van der Waals surface area contributed by atoms with E-state index in [2.05, 4.69) is 115 Å². The van der Waals surface area contributed by atoms with Gasteiger partial charge in [0.05, 0.1) is 0 Å². The highest BCUT2D eigenvalue weighted by Crippen LogP contribution is 2.44. The molecule has 4 rings (SSSR count). The molecule has 0 aromatic heterocycles. The van der Waals surface area contributed by atoms with Crippen LogP contribution in [0.4, 0.5) is 0 Å². The normalized spacial score (nSPS) is 11.3. The monoisotopic (exact) mass is 307 g/mol. The van der Waals surface area contributed by atoms with E-state index in [1.165, 1.54) is 22.3 Å². The van der Waals surface area contributed by atoms with E-state index in [-0.39, 0.29) is 5.41 Å². The molecule has 0 amide bonds. The second kappa shape index (κ2) is 6.25. The van der Waals surface area contributed by atoms with E-state index in [9.17, 15) is 0 Å². The van der Waals surface area contributed by atoms with E-state index in [1.807, 2.05) is 0 Å². The van der Waals surface area contributed by atoms with Gasteiger partial charge >= 0.3 is 0 Å². The molecule has 116 valence electrons. The summed E-state index contributed by atoms with van der Waals surface area (Å²) in [6.45, 7) is 0. The van der Waals surface area contributed by atoms with Crippen LogP contribution >= 0.6 is 0 Å². The molecule has 0 N–H and O–H groups in total. The number of rotatable bonds is 4. The third kappa shape index (κ3) is 2.28. The number of hydrogen-bond donors (Lipinski definition) is 0. The largest absolute Gasteiger partial charge is 0.209 e. The lowest BCUT2D eigenvalue weighted by Crippen LogP contribution is -2.30.